The number of amides is 2. The molecule has 1 saturated heterocycles. The van der Waals surface area contributed by atoms with E-state index in [1.54, 1.807) is 31.4 Å². The van der Waals surface area contributed by atoms with Gasteiger partial charge in [0.05, 0.1) is 7.11 Å². The summed E-state index contributed by atoms with van der Waals surface area (Å²) in [6, 6.07) is 6.84. The average Bonchev–Trinajstić information content (AvgIpc) is 2.59. The lowest BCUT2D eigenvalue weighted by molar-refractivity contribution is -0.124. The lowest BCUT2D eigenvalue weighted by atomic mass is 9.98. The number of carbonyl (C=O) groups excluding carboxylic acids is 2. The molecule has 0 saturated carbocycles. The van der Waals surface area contributed by atoms with Gasteiger partial charge < -0.3 is 20.7 Å². The number of nitrogens with one attached hydrogen (secondary N) is 3. The van der Waals surface area contributed by atoms with Crippen molar-refractivity contribution in [2.24, 2.45) is 5.92 Å². The van der Waals surface area contributed by atoms with Crippen LogP contribution in [-0.4, -0.2) is 43.6 Å². The van der Waals surface area contributed by atoms with Crippen molar-refractivity contribution < 1.29 is 14.3 Å². The summed E-state index contributed by atoms with van der Waals surface area (Å²) in [7, 11) is 1.58. The molecule has 1 aliphatic heterocycles. The zero-order valence-electron chi connectivity index (χ0n) is 15.5. The van der Waals surface area contributed by atoms with Crippen molar-refractivity contribution in [3.63, 3.8) is 0 Å². The normalized spacial score (nSPS) is 21.5. The summed E-state index contributed by atoms with van der Waals surface area (Å²) < 4.78 is 5.10. The van der Waals surface area contributed by atoms with E-state index in [-0.39, 0.29) is 23.8 Å². The largest absolute Gasteiger partial charge is 0.497 e. The van der Waals surface area contributed by atoms with Gasteiger partial charge in [-0.3, -0.25) is 9.59 Å². The summed E-state index contributed by atoms with van der Waals surface area (Å²) >= 11 is 0. The average molecular weight is 347 g/mol. The standard InChI is InChI=1S/C19H29N3O3/c1-12(2)17(19(24)21-15-9-10-20-13(3)11-15)22-18(23)14-5-7-16(25-4)8-6-14/h5-8,12-13,15,17,20H,9-11H2,1-4H3,(H,21,24)(H,22,23). The summed E-state index contributed by atoms with van der Waals surface area (Å²) in [5.74, 6) is 0.321. The number of hydrogen-bond donors (Lipinski definition) is 3. The Balaban J connectivity index is 1.98. The van der Waals surface area contributed by atoms with Crippen LogP contribution in [0.25, 0.3) is 0 Å². The zero-order valence-corrected chi connectivity index (χ0v) is 15.5. The lowest BCUT2D eigenvalue weighted by Gasteiger charge is -2.31. The topological polar surface area (TPSA) is 79.5 Å². The van der Waals surface area contributed by atoms with E-state index < -0.39 is 6.04 Å². The molecule has 0 aromatic heterocycles. The Morgan fingerprint density at radius 2 is 1.92 bits per heavy atom. The first-order valence-electron chi connectivity index (χ1n) is 8.89. The Bertz CT molecular complexity index is 586. The number of carbonyl (C=O) groups is 2. The summed E-state index contributed by atoms with van der Waals surface area (Å²) in [5, 5.41) is 9.32. The molecule has 3 N–H and O–H groups in total. The van der Waals surface area contributed by atoms with E-state index in [0.717, 1.165) is 19.4 Å². The van der Waals surface area contributed by atoms with E-state index in [4.69, 9.17) is 4.74 Å². The summed E-state index contributed by atoms with van der Waals surface area (Å²) in [6.45, 7) is 6.88. The van der Waals surface area contributed by atoms with Gasteiger partial charge in [-0.15, -0.1) is 0 Å². The molecule has 0 spiro atoms. The van der Waals surface area contributed by atoms with Crippen LogP contribution in [0.3, 0.4) is 0 Å². The molecular weight excluding hydrogens is 318 g/mol. The highest BCUT2D eigenvalue weighted by molar-refractivity contribution is 5.97. The van der Waals surface area contributed by atoms with Gasteiger partial charge in [0.2, 0.25) is 5.91 Å². The van der Waals surface area contributed by atoms with E-state index >= 15 is 0 Å². The second-order valence-corrected chi connectivity index (χ2v) is 7.01. The van der Waals surface area contributed by atoms with Gasteiger partial charge in [0.25, 0.3) is 5.91 Å². The molecule has 1 aliphatic rings. The van der Waals surface area contributed by atoms with E-state index in [0.29, 0.717) is 17.4 Å². The quantitative estimate of drug-likeness (QED) is 0.732. The molecular formula is C19H29N3O3. The molecule has 1 fully saturated rings. The molecule has 138 valence electrons. The summed E-state index contributed by atoms with van der Waals surface area (Å²) in [5.41, 5.74) is 0.509. The molecule has 0 aliphatic carbocycles. The fourth-order valence-electron chi connectivity index (χ4n) is 3.06. The van der Waals surface area contributed by atoms with Crippen molar-refractivity contribution in [3.8, 4) is 5.75 Å². The predicted octanol–water partition coefficient (Wildman–Crippen LogP) is 1.71. The molecule has 1 aromatic rings. The second-order valence-electron chi connectivity index (χ2n) is 7.01. The molecule has 2 amide bonds. The molecule has 6 heteroatoms. The number of rotatable bonds is 6. The van der Waals surface area contributed by atoms with Crippen molar-refractivity contribution in [2.75, 3.05) is 13.7 Å². The Morgan fingerprint density at radius 3 is 2.48 bits per heavy atom. The highest BCUT2D eigenvalue weighted by atomic mass is 16.5. The molecule has 25 heavy (non-hydrogen) atoms. The molecule has 1 aromatic carbocycles. The first kappa shape index (κ1) is 19.2. The molecule has 3 atom stereocenters. The van der Waals surface area contributed by atoms with Crippen LogP contribution in [-0.2, 0) is 4.79 Å². The van der Waals surface area contributed by atoms with Crippen LogP contribution >= 0.6 is 0 Å². The highest BCUT2D eigenvalue weighted by Crippen LogP contribution is 2.13. The minimum absolute atomic E-state index is 0.00124. The minimum atomic E-state index is -0.556. The van der Waals surface area contributed by atoms with Gasteiger partial charge >= 0.3 is 0 Å². The Hall–Kier alpha value is -2.08. The van der Waals surface area contributed by atoms with Gasteiger partial charge in [-0.1, -0.05) is 13.8 Å². The Kier molecular flexibility index (Phi) is 6.82. The zero-order chi connectivity index (χ0) is 18.4. The van der Waals surface area contributed by atoms with Crippen molar-refractivity contribution >= 4 is 11.8 Å². The van der Waals surface area contributed by atoms with Gasteiger partial charge in [0.15, 0.2) is 0 Å². The van der Waals surface area contributed by atoms with Crippen LogP contribution in [0.1, 0.15) is 44.0 Å². The number of piperidine rings is 1. The van der Waals surface area contributed by atoms with Gasteiger partial charge in [0.1, 0.15) is 11.8 Å². The van der Waals surface area contributed by atoms with Crippen LogP contribution in [0.15, 0.2) is 24.3 Å². The third-order valence-corrected chi connectivity index (χ3v) is 4.56. The van der Waals surface area contributed by atoms with Gasteiger partial charge in [0, 0.05) is 17.6 Å². The Labute approximate surface area is 149 Å². The third-order valence-electron chi connectivity index (χ3n) is 4.56. The molecule has 1 heterocycles. The minimum Gasteiger partial charge on any atom is -0.497 e. The smallest absolute Gasteiger partial charge is 0.251 e. The van der Waals surface area contributed by atoms with Crippen LogP contribution in [0.4, 0.5) is 0 Å². The SMILES string of the molecule is COc1ccc(C(=O)NC(C(=O)NC2CCNC(C)C2)C(C)C)cc1. The van der Waals surface area contributed by atoms with E-state index in [2.05, 4.69) is 22.9 Å². The number of hydrogen-bond acceptors (Lipinski definition) is 4. The maximum absolute atomic E-state index is 12.7. The lowest BCUT2D eigenvalue weighted by Crippen LogP contribution is -2.54. The first-order chi connectivity index (χ1) is 11.9. The van der Waals surface area contributed by atoms with Crippen LogP contribution in [0.2, 0.25) is 0 Å². The van der Waals surface area contributed by atoms with Gasteiger partial charge in [-0.25, -0.2) is 0 Å². The molecule has 0 bridgehead atoms. The van der Waals surface area contributed by atoms with Gasteiger partial charge in [-0.05, 0) is 56.5 Å². The number of ether oxygens (including phenoxy) is 1. The monoisotopic (exact) mass is 347 g/mol. The third kappa shape index (κ3) is 5.46. The van der Waals surface area contributed by atoms with Gasteiger partial charge in [-0.2, -0.15) is 0 Å². The maximum atomic E-state index is 12.7. The van der Waals surface area contributed by atoms with Crippen molar-refractivity contribution in [1.29, 1.82) is 0 Å². The fraction of sp³-hybridized carbons (Fsp3) is 0.579. The van der Waals surface area contributed by atoms with Crippen LogP contribution in [0.5, 0.6) is 5.75 Å². The molecule has 6 nitrogen and oxygen atoms in total. The predicted molar refractivity (Wildman–Crippen MR) is 97.7 cm³/mol. The Morgan fingerprint density at radius 1 is 1.24 bits per heavy atom. The van der Waals surface area contributed by atoms with Crippen molar-refractivity contribution in [3.05, 3.63) is 29.8 Å². The fourth-order valence-corrected chi connectivity index (χ4v) is 3.06. The first-order valence-corrected chi connectivity index (χ1v) is 8.89. The molecule has 3 unspecified atom stereocenters. The number of methoxy groups -OCH3 is 1. The van der Waals surface area contributed by atoms with E-state index in [9.17, 15) is 9.59 Å². The number of benzene rings is 1. The molecule has 0 radical (unpaired) electrons. The van der Waals surface area contributed by atoms with Crippen molar-refractivity contribution in [1.82, 2.24) is 16.0 Å². The van der Waals surface area contributed by atoms with Crippen LogP contribution < -0.4 is 20.7 Å². The maximum Gasteiger partial charge on any atom is 0.251 e. The highest BCUT2D eigenvalue weighted by Gasteiger charge is 2.28. The van der Waals surface area contributed by atoms with E-state index in [1.165, 1.54) is 0 Å². The van der Waals surface area contributed by atoms with Crippen molar-refractivity contribution in [2.45, 2.75) is 51.7 Å². The summed E-state index contributed by atoms with van der Waals surface area (Å²) in [4.78, 5) is 25.1. The molecule has 2 rings (SSSR count). The summed E-state index contributed by atoms with van der Waals surface area (Å²) in [6.07, 6.45) is 1.82. The second kappa shape index (κ2) is 8.85. The van der Waals surface area contributed by atoms with E-state index in [1.807, 2.05) is 13.8 Å². The van der Waals surface area contributed by atoms with Crippen LogP contribution in [0, 0.1) is 5.92 Å².